The quantitative estimate of drug-likeness (QED) is 0.601. The predicted octanol–water partition coefficient (Wildman–Crippen LogP) is -2.17. The molecule has 16 heavy (non-hydrogen) atoms. The molecule has 0 radical (unpaired) electrons. The molecule has 0 saturated carbocycles. The number of hydrogen-bond donors (Lipinski definition) is 1. The maximum Gasteiger partial charge on any atom is 0.353 e. The summed E-state index contributed by atoms with van der Waals surface area (Å²) in [6.45, 7) is 0.808. The summed E-state index contributed by atoms with van der Waals surface area (Å²) in [5.74, 6) is 0. The van der Waals surface area contributed by atoms with Crippen LogP contribution in [0.5, 0.6) is 0 Å². The Labute approximate surface area is 93.0 Å². The van der Waals surface area contributed by atoms with Crippen LogP contribution in [0.25, 0.3) is 0 Å². The molecular formula is C7H8ClN3O5. The Morgan fingerprint density at radius 1 is 1.38 bits per heavy atom. The number of aromatic nitrogens is 3. The molecule has 0 amide bonds. The molecule has 8 nitrogen and oxygen atoms in total. The zero-order chi connectivity index (χ0) is 12.1. The molecule has 9 heteroatoms. The van der Waals surface area contributed by atoms with Gasteiger partial charge in [-0.15, -0.1) is 0 Å². The summed E-state index contributed by atoms with van der Waals surface area (Å²) in [4.78, 5) is 34.6. The number of nitrogens with zero attached hydrogens (tertiary/aromatic N) is 3. The van der Waals surface area contributed by atoms with Gasteiger partial charge in [0, 0.05) is 11.8 Å². The predicted molar refractivity (Wildman–Crippen MR) is 52.3 cm³/mol. The molecule has 1 aliphatic rings. The average Bonchev–Trinajstić information content (AvgIpc) is 2.95. The van der Waals surface area contributed by atoms with Crippen LogP contribution >= 0.6 is 11.8 Å². The van der Waals surface area contributed by atoms with Crippen molar-refractivity contribution in [2.75, 3.05) is 6.61 Å². The van der Waals surface area contributed by atoms with Crippen molar-refractivity contribution in [3.05, 3.63) is 31.5 Å². The van der Waals surface area contributed by atoms with E-state index in [1.54, 1.807) is 0 Å². The maximum absolute atomic E-state index is 11.7. The van der Waals surface area contributed by atoms with Crippen molar-refractivity contribution in [3.63, 3.8) is 0 Å². The molecule has 1 aromatic rings. The second-order valence-electron chi connectivity index (χ2n) is 3.50. The fourth-order valence-corrected chi connectivity index (χ4v) is 1.49. The summed E-state index contributed by atoms with van der Waals surface area (Å²) >= 11 is 5.42. The molecule has 1 fully saturated rings. The van der Waals surface area contributed by atoms with Gasteiger partial charge in [0.25, 0.3) is 0 Å². The van der Waals surface area contributed by atoms with Crippen molar-refractivity contribution in [2.24, 2.45) is 0 Å². The van der Waals surface area contributed by atoms with Crippen LogP contribution in [0.1, 0.15) is 6.92 Å². The lowest BCUT2D eigenvalue weighted by molar-refractivity contribution is 0.175. The number of aliphatic hydroxyl groups excluding tert-OH is 1. The summed E-state index contributed by atoms with van der Waals surface area (Å²) in [5, 5.41) is 8.86. The van der Waals surface area contributed by atoms with Crippen LogP contribution in [-0.2, 0) is 17.2 Å². The summed E-state index contributed by atoms with van der Waals surface area (Å²) < 4.78 is 6.28. The molecule has 1 aliphatic heterocycles. The molecule has 88 valence electrons. The second kappa shape index (κ2) is 3.30. The topological polar surface area (TPSA) is 98.8 Å². The minimum absolute atomic E-state index is 0.169. The zero-order valence-corrected chi connectivity index (χ0v) is 8.97. The first kappa shape index (κ1) is 11.1. The molecule has 1 unspecified atom stereocenters. The minimum atomic E-state index is -1.09. The van der Waals surface area contributed by atoms with E-state index in [4.69, 9.17) is 21.6 Å². The van der Waals surface area contributed by atoms with Crippen LogP contribution < -0.4 is 17.1 Å². The Morgan fingerprint density at radius 2 is 1.94 bits per heavy atom. The highest BCUT2D eigenvalue weighted by molar-refractivity contribution is 6.14. The van der Waals surface area contributed by atoms with Gasteiger partial charge >= 0.3 is 17.1 Å². The third-order valence-corrected chi connectivity index (χ3v) is 2.65. The van der Waals surface area contributed by atoms with Crippen molar-refractivity contribution in [1.29, 1.82) is 0 Å². The van der Waals surface area contributed by atoms with Crippen LogP contribution in [0.15, 0.2) is 14.4 Å². The Morgan fingerprint density at radius 3 is 2.38 bits per heavy atom. The van der Waals surface area contributed by atoms with E-state index in [9.17, 15) is 14.4 Å². The van der Waals surface area contributed by atoms with E-state index < -0.39 is 29.5 Å². The standard InChI is InChI=1S/C7H8ClN3O5/c1-7(2-16-7)10-4(13)9(3-12)5(14)11(8)6(10)15/h12H,2-3H2,1H3. The highest BCUT2D eigenvalue weighted by Crippen LogP contribution is 2.28. The van der Waals surface area contributed by atoms with Gasteiger partial charge in [0.2, 0.25) is 0 Å². The van der Waals surface area contributed by atoms with Gasteiger partial charge in [-0.25, -0.2) is 23.5 Å². The molecule has 0 spiro atoms. The van der Waals surface area contributed by atoms with Crippen LogP contribution in [0, 0.1) is 0 Å². The van der Waals surface area contributed by atoms with E-state index in [2.05, 4.69) is 0 Å². The summed E-state index contributed by atoms with van der Waals surface area (Å²) in [5.41, 5.74) is -4.11. The molecular weight excluding hydrogens is 242 g/mol. The van der Waals surface area contributed by atoms with Gasteiger partial charge in [-0.05, 0) is 6.92 Å². The smallest absolute Gasteiger partial charge is 0.353 e. The van der Waals surface area contributed by atoms with Gasteiger partial charge in [-0.1, -0.05) is 0 Å². The fourth-order valence-electron chi connectivity index (χ4n) is 1.32. The monoisotopic (exact) mass is 249 g/mol. The first-order chi connectivity index (χ1) is 7.42. The maximum atomic E-state index is 11.7. The van der Waals surface area contributed by atoms with Gasteiger partial charge in [0.15, 0.2) is 5.72 Å². The van der Waals surface area contributed by atoms with E-state index >= 15 is 0 Å². The van der Waals surface area contributed by atoms with Crippen LogP contribution in [0.2, 0.25) is 0 Å². The lowest BCUT2D eigenvalue weighted by Crippen LogP contribution is -2.55. The van der Waals surface area contributed by atoms with Gasteiger partial charge in [0.05, 0.1) is 6.61 Å². The second-order valence-corrected chi connectivity index (χ2v) is 3.84. The molecule has 2 rings (SSSR count). The lowest BCUT2D eigenvalue weighted by Gasteiger charge is -2.11. The van der Waals surface area contributed by atoms with Crippen LogP contribution in [-0.4, -0.2) is 24.9 Å². The van der Waals surface area contributed by atoms with Gasteiger partial charge in [0.1, 0.15) is 6.73 Å². The molecule has 0 bridgehead atoms. The van der Waals surface area contributed by atoms with Gasteiger partial charge in [-0.2, -0.15) is 4.09 Å². The van der Waals surface area contributed by atoms with Crippen LogP contribution in [0.4, 0.5) is 0 Å². The molecule has 1 saturated heterocycles. The number of ether oxygens (including phenoxy) is 1. The Balaban J connectivity index is 2.91. The first-order valence-electron chi connectivity index (χ1n) is 4.33. The highest BCUT2D eigenvalue weighted by atomic mass is 35.5. The molecule has 0 aliphatic carbocycles. The fraction of sp³-hybridized carbons (Fsp3) is 0.571. The zero-order valence-electron chi connectivity index (χ0n) is 8.21. The SMILES string of the molecule is CC1(n2c(=O)n(Cl)c(=O)n(CO)c2=O)CO1. The third-order valence-electron chi connectivity index (χ3n) is 2.36. The largest absolute Gasteiger partial charge is 0.376 e. The van der Waals surface area contributed by atoms with Crippen molar-refractivity contribution >= 4 is 11.8 Å². The van der Waals surface area contributed by atoms with E-state index in [0.717, 1.165) is 0 Å². The number of aliphatic hydroxyl groups is 1. The van der Waals surface area contributed by atoms with E-state index in [0.29, 0.717) is 9.13 Å². The summed E-state index contributed by atoms with van der Waals surface area (Å²) in [6, 6.07) is 0. The molecule has 1 aromatic heterocycles. The molecule has 1 N–H and O–H groups in total. The van der Waals surface area contributed by atoms with E-state index in [1.165, 1.54) is 6.92 Å². The van der Waals surface area contributed by atoms with Gasteiger partial charge < -0.3 is 9.84 Å². The van der Waals surface area contributed by atoms with Crippen molar-refractivity contribution in [2.45, 2.75) is 19.4 Å². The normalized spacial score (nSPS) is 23.4. The number of hydrogen-bond acceptors (Lipinski definition) is 5. The highest BCUT2D eigenvalue weighted by Gasteiger charge is 2.45. The number of halogens is 1. The summed E-state index contributed by atoms with van der Waals surface area (Å²) in [6.07, 6.45) is 0. The Kier molecular flexibility index (Phi) is 2.30. The molecule has 2 heterocycles. The lowest BCUT2D eigenvalue weighted by atomic mass is 10.4. The first-order valence-corrected chi connectivity index (χ1v) is 4.66. The van der Waals surface area contributed by atoms with Crippen molar-refractivity contribution in [1.82, 2.24) is 13.2 Å². The number of epoxide rings is 1. The van der Waals surface area contributed by atoms with E-state index in [-0.39, 0.29) is 10.7 Å². The van der Waals surface area contributed by atoms with Crippen molar-refractivity contribution in [3.8, 4) is 0 Å². The Hall–Kier alpha value is -1.38. The third kappa shape index (κ3) is 1.34. The molecule has 1 atom stereocenters. The Bertz CT molecular complexity index is 608. The molecule has 0 aromatic carbocycles. The minimum Gasteiger partial charge on any atom is -0.376 e. The van der Waals surface area contributed by atoms with Gasteiger partial charge in [-0.3, -0.25) is 0 Å². The average molecular weight is 250 g/mol. The number of rotatable bonds is 2. The van der Waals surface area contributed by atoms with Crippen molar-refractivity contribution < 1.29 is 9.84 Å². The van der Waals surface area contributed by atoms with Crippen LogP contribution in [0.3, 0.4) is 0 Å². The summed E-state index contributed by atoms with van der Waals surface area (Å²) in [7, 11) is 0. The van der Waals surface area contributed by atoms with E-state index in [1.807, 2.05) is 0 Å².